The average molecular weight is 274 g/mol. The van der Waals surface area contributed by atoms with E-state index in [0.717, 1.165) is 0 Å². The molecule has 0 aromatic heterocycles. The van der Waals surface area contributed by atoms with Crippen molar-refractivity contribution in [1.29, 1.82) is 0 Å². The lowest BCUT2D eigenvalue weighted by Gasteiger charge is -2.11. The SMILES string of the molecule is COC(OC)[SiH2]CCCI. The summed E-state index contributed by atoms with van der Waals surface area (Å²) in [6.07, 6.45) is 1.32. The minimum atomic E-state index is -0.135. The minimum absolute atomic E-state index is 0.135. The van der Waals surface area contributed by atoms with Crippen molar-refractivity contribution in [2.24, 2.45) is 0 Å². The molecule has 62 valence electrons. The first-order chi connectivity index (χ1) is 4.85. The molecule has 0 rings (SSSR count). The van der Waals surface area contributed by atoms with Gasteiger partial charge in [-0.15, -0.1) is 0 Å². The van der Waals surface area contributed by atoms with Gasteiger partial charge in [-0.05, 0) is 10.8 Å². The van der Waals surface area contributed by atoms with Crippen LogP contribution in [0.25, 0.3) is 0 Å². The van der Waals surface area contributed by atoms with Crippen LogP contribution < -0.4 is 0 Å². The molecule has 0 aromatic carbocycles. The largest absolute Gasteiger partial charge is 0.360 e. The predicted octanol–water partition coefficient (Wildman–Crippen LogP) is 0.975. The number of halogens is 1. The topological polar surface area (TPSA) is 18.5 Å². The summed E-state index contributed by atoms with van der Waals surface area (Å²) in [6, 6.07) is 1.33. The van der Waals surface area contributed by atoms with Crippen LogP contribution in [0.3, 0.4) is 0 Å². The maximum Gasteiger partial charge on any atom is 0.134 e. The number of rotatable bonds is 6. The van der Waals surface area contributed by atoms with E-state index in [1.807, 2.05) is 0 Å². The highest BCUT2D eigenvalue weighted by Gasteiger charge is 2.03. The molecule has 0 atom stereocenters. The predicted molar refractivity (Wildman–Crippen MR) is 54.7 cm³/mol. The minimum Gasteiger partial charge on any atom is -0.360 e. The molecule has 10 heavy (non-hydrogen) atoms. The zero-order valence-corrected chi connectivity index (χ0v) is 10.2. The van der Waals surface area contributed by atoms with Crippen molar-refractivity contribution in [3.63, 3.8) is 0 Å². The third kappa shape index (κ3) is 5.64. The van der Waals surface area contributed by atoms with Crippen molar-refractivity contribution in [1.82, 2.24) is 0 Å². The lowest BCUT2D eigenvalue weighted by molar-refractivity contribution is -0.0441. The highest BCUT2D eigenvalue weighted by molar-refractivity contribution is 14.1. The average Bonchev–Trinajstić information content (AvgIpc) is 1.99. The molecule has 0 aliphatic heterocycles. The lowest BCUT2D eigenvalue weighted by atomic mass is 10.6. The van der Waals surface area contributed by atoms with E-state index in [2.05, 4.69) is 22.6 Å². The van der Waals surface area contributed by atoms with Crippen LogP contribution in [0.1, 0.15) is 6.42 Å². The highest BCUT2D eigenvalue weighted by Crippen LogP contribution is 1.98. The van der Waals surface area contributed by atoms with E-state index in [1.165, 1.54) is 16.9 Å². The molecule has 0 aliphatic rings. The quantitative estimate of drug-likeness (QED) is 0.236. The Morgan fingerprint density at radius 3 is 2.40 bits per heavy atom. The molecule has 2 nitrogen and oxygen atoms in total. The van der Waals surface area contributed by atoms with E-state index in [0.29, 0.717) is 0 Å². The molecule has 0 spiro atoms. The van der Waals surface area contributed by atoms with Crippen LogP contribution in [0.2, 0.25) is 6.04 Å². The Morgan fingerprint density at radius 1 is 1.40 bits per heavy atom. The summed E-state index contributed by atoms with van der Waals surface area (Å²) < 4.78 is 11.4. The summed E-state index contributed by atoms with van der Waals surface area (Å²) >= 11 is 2.40. The van der Waals surface area contributed by atoms with Crippen LogP contribution in [0.5, 0.6) is 0 Å². The number of hydrogen-bond donors (Lipinski definition) is 0. The van der Waals surface area contributed by atoms with E-state index in [9.17, 15) is 0 Å². The second kappa shape index (κ2) is 7.97. The fraction of sp³-hybridized carbons (Fsp3) is 1.00. The zero-order chi connectivity index (χ0) is 7.82. The van der Waals surface area contributed by atoms with Crippen molar-refractivity contribution >= 4 is 32.1 Å². The molecular formula is C6H15IO2Si. The van der Waals surface area contributed by atoms with E-state index < -0.39 is 0 Å². The number of hydrogen-bond acceptors (Lipinski definition) is 2. The Bertz CT molecular complexity index is 68.8. The Hall–Kier alpha value is 0.867. The molecule has 0 aromatic rings. The first-order valence-corrected chi connectivity index (χ1v) is 6.81. The summed E-state index contributed by atoms with van der Waals surface area (Å²) in [6.45, 7) is 0. The van der Waals surface area contributed by atoms with E-state index in [4.69, 9.17) is 9.47 Å². The van der Waals surface area contributed by atoms with Crippen molar-refractivity contribution in [3.05, 3.63) is 0 Å². The Kier molecular flexibility index (Phi) is 8.66. The second-order valence-corrected chi connectivity index (χ2v) is 5.12. The fourth-order valence-corrected chi connectivity index (χ4v) is 3.64. The van der Waals surface area contributed by atoms with Gasteiger partial charge in [0.15, 0.2) is 0 Å². The maximum atomic E-state index is 5.08. The van der Waals surface area contributed by atoms with Gasteiger partial charge in [0, 0.05) is 14.2 Å². The van der Waals surface area contributed by atoms with Gasteiger partial charge < -0.3 is 9.47 Å². The molecule has 0 unspecified atom stereocenters. The first kappa shape index (κ1) is 10.9. The van der Waals surface area contributed by atoms with E-state index in [1.54, 1.807) is 14.2 Å². The maximum absolute atomic E-state index is 5.08. The van der Waals surface area contributed by atoms with Gasteiger partial charge in [0.1, 0.15) is 5.91 Å². The van der Waals surface area contributed by atoms with Crippen molar-refractivity contribution in [3.8, 4) is 0 Å². The number of methoxy groups -OCH3 is 2. The van der Waals surface area contributed by atoms with Gasteiger partial charge in [0.25, 0.3) is 0 Å². The Labute approximate surface area is 78.6 Å². The second-order valence-electron chi connectivity index (χ2n) is 2.09. The standard InChI is InChI=1S/C6H15IO2Si/c1-8-6(9-2)10-5-3-4-7/h6H,3-5,10H2,1-2H3. The smallest absolute Gasteiger partial charge is 0.134 e. The van der Waals surface area contributed by atoms with Crippen molar-refractivity contribution in [2.45, 2.75) is 18.4 Å². The van der Waals surface area contributed by atoms with Gasteiger partial charge in [-0.1, -0.05) is 28.6 Å². The van der Waals surface area contributed by atoms with Crippen LogP contribution >= 0.6 is 22.6 Å². The molecule has 0 bridgehead atoms. The van der Waals surface area contributed by atoms with Crippen molar-refractivity contribution < 1.29 is 9.47 Å². The molecule has 0 amide bonds. The third-order valence-electron chi connectivity index (χ3n) is 1.35. The molecule has 0 heterocycles. The first-order valence-electron chi connectivity index (χ1n) is 3.46. The van der Waals surface area contributed by atoms with Gasteiger partial charge >= 0.3 is 0 Å². The van der Waals surface area contributed by atoms with Gasteiger partial charge in [-0.2, -0.15) is 0 Å². The summed E-state index contributed by atoms with van der Waals surface area (Å²) in [4.78, 5) is 0. The molecule has 0 saturated heterocycles. The monoisotopic (exact) mass is 274 g/mol. The summed E-state index contributed by atoms with van der Waals surface area (Å²) in [5.74, 6) is 0.142. The van der Waals surface area contributed by atoms with E-state index in [-0.39, 0.29) is 15.4 Å². The Morgan fingerprint density at radius 2 is 2.00 bits per heavy atom. The van der Waals surface area contributed by atoms with E-state index >= 15 is 0 Å². The molecule has 0 radical (unpaired) electrons. The van der Waals surface area contributed by atoms with Crippen LogP contribution in [-0.4, -0.2) is 34.1 Å². The van der Waals surface area contributed by atoms with Gasteiger partial charge in [-0.25, -0.2) is 0 Å². The van der Waals surface area contributed by atoms with Crippen LogP contribution in [0.15, 0.2) is 0 Å². The summed E-state index contributed by atoms with van der Waals surface area (Å²) in [5.41, 5.74) is 0. The molecule has 0 saturated carbocycles. The summed E-state index contributed by atoms with van der Waals surface area (Å²) in [5, 5.41) is 0. The molecule has 0 N–H and O–H groups in total. The molecule has 0 fully saturated rings. The molecular weight excluding hydrogens is 259 g/mol. The highest BCUT2D eigenvalue weighted by atomic mass is 127. The Balaban J connectivity index is 3.09. The fourth-order valence-electron chi connectivity index (χ4n) is 0.737. The molecule has 0 aliphatic carbocycles. The van der Waals surface area contributed by atoms with Crippen molar-refractivity contribution in [2.75, 3.05) is 18.6 Å². The van der Waals surface area contributed by atoms with Gasteiger partial charge in [0.2, 0.25) is 0 Å². The van der Waals surface area contributed by atoms with Crippen LogP contribution in [0, 0.1) is 0 Å². The normalized spacial score (nSPS) is 12.0. The zero-order valence-electron chi connectivity index (χ0n) is 6.60. The van der Waals surface area contributed by atoms with Crippen LogP contribution in [-0.2, 0) is 9.47 Å². The summed E-state index contributed by atoms with van der Waals surface area (Å²) in [7, 11) is 3.29. The van der Waals surface area contributed by atoms with Gasteiger partial charge in [-0.3, -0.25) is 0 Å². The number of ether oxygens (including phenoxy) is 2. The van der Waals surface area contributed by atoms with Gasteiger partial charge in [0.05, 0.1) is 9.52 Å². The van der Waals surface area contributed by atoms with Crippen LogP contribution in [0.4, 0.5) is 0 Å². The third-order valence-corrected chi connectivity index (χ3v) is 4.16. The molecule has 4 heteroatoms. The number of alkyl halides is 1. The lowest BCUT2D eigenvalue weighted by Crippen LogP contribution is -2.20.